The van der Waals surface area contributed by atoms with E-state index in [0.29, 0.717) is 0 Å². The van der Waals surface area contributed by atoms with Crippen molar-refractivity contribution < 1.29 is 10.7 Å². The van der Waals surface area contributed by atoms with Crippen molar-refractivity contribution in [1.29, 1.82) is 31.6 Å². The predicted molar refractivity (Wildman–Crippen MR) is 39.4 cm³/mol. The molecule has 0 aromatic rings. The van der Waals surface area contributed by atoms with Crippen molar-refractivity contribution in [2.75, 3.05) is 0 Å². The topological polar surface area (TPSA) is 143 Å². The van der Waals surface area contributed by atoms with Crippen molar-refractivity contribution >= 4 is 25.8 Å². The third-order valence-electron chi connectivity index (χ3n) is 1.19. The van der Waals surface area contributed by atoms with Gasteiger partial charge in [0.1, 0.15) is 0 Å². The maximum absolute atomic E-state index is 8.58. The zero-order chi connectivity index (χ0) is 10.7. The average molecular weight is 327 g/mol. The summed E-state index contributed by atoms with van der Waals surface area (Å²) < 4.78 is 0. The summed E-state index contributed by atoms with van der Waals surface area (Å²) >= 11 is 0. The largest absolute Gasteiger partial charge is 3.00 e. The molecule has 0 spiro atoms. The quantitative estimate of drug-likeness (QED) is 0.560. The first kappa shape index (κ1) is 14.8. The SMILES string of the molecule is N#[C][Fe-3]([C]#N)([C]#N)([C]#N)([C]#N)[C]#N.[In+3]. The van der Waals surface area contributed by atoms with Gasteiger partial charge in [-0.3, -0.25) is 0 Å². The Morgan fingerprint density at radius 2 is 0.643 bits per heavy atom. The van der Waals surface area contributed by atoms with Gasteiger partial charge in [0.25, 0.3) is 0 Å². The minimum Gasteiger partial charge on any atom is 3.00 e. The standard InChI is InChI=1S/6CN.Fe.In/c6*1-2;;/q;;;;;;-3;+3. The molecule has 6 nitrogen and oxygen atoms in total. The first-order valence-corrected chi connectivity index (χ1v) is 5.71. The Morgan fingerprint density at radius 3 is 0.643 bits per heavy atom. The predicted octanol–water partition coefficient (Wildman–Crippen LogP) is -0.283. The van der Waals surface area contributed by atoms with Gasteiger partial charge in [-0.25, -0.2) is 0 Å². The molecule has 0 aliphatic heterocycles. The molecule has 0 fully saturated rings. The molecule has 0 aromatic heterocycles. The molecule has 0 amide bonds. The van der Waals surface area contributed by atoms with E-state index in [1.54, 1.807) is 0 Å². The van der Waals surface area contributed by atoms with Crippen LogP contribution in [0.2, 0.25) is 0 Å². The molecular formula is C6FeInN6. The van der Waals surface area contributed by atoms with E-state index in [9.17, 15) is 0 Å². The molecule has 0 radical (unpaired) electrons. The number of hydrogen-bond donors (Lipinski definition) is 0. The van der Waals surface area contributed by atoms with Crippen LogP contribution in [0.25, 0.3) is 0 Å². The van der Waals surface area contributed by atoms with Gasteiger partial charge in [-0.2, -0.15) is 0 Å². The van der Waals surface area contributed by atoms with Gasteiger partial charge in [-0.15, -0.1) is 0 Å². The molecule has 0 unspecified atom stereocenters. The van der Waals surface area contributed by atoms with Crippen LogP contribution in [0.15, 0.2) is 0 Å². The maximum atomic E-state index is 8.58. The minimum atomic E-state index is -6.17. The molecule has 0 saturated carbocycles. The van der Waals surface area contributed by atoms with Crippen LogP contribution in [-0.4, -0.2) is 25.8 Å². The van der Waals surface area contributed by atoms with E-state index in [0.717, 1.165) is 29.8 Å². The molecule has 8 heteroatoms. The van der Waals surface area contributed by atoms with Gasteiger partial charge >= 0.3 is 98.0 Å². The second kappa shape index (κ2) is 3.24. The smallest absolute Gasteiger partial charge is 3.00 e. The minimum absolute atomic E-state index is 0. The fraction of sp³-hybridized carbons (Fsp3) is 0. The van der Waals surface area contributed by atoms with E-state index in [1.807, 2.05) is 0 Å². The Kier molecular flexibility index (Phi) is 3.43. The summed E-state index contributed by atoms with van der Waals surface area (Å²) in [6.45, 7) is 0. The third-order valence-corrected chi connectivity index (χ3v) is 4.89. The molecule has 0 aromatic carbocycles. The second-order valence-corrected chi connectivity index (χ2v) is 7.42. The van der Waals surface area contributed by atoms with E-state index in [4.69, 9.17) is 31.6 Å². The van der Waals surface area contributed by atoms with E-state index in [2.05, 4.69) is 0 Å². The fourth-order valence-electron chi connectivity index (χ4n) is 0.265. The van der Waals surface area contributed by atoms with Gasteiger partial charge in [0.2, 0.25) is 0 Å². The molecule has 14 heavy (non-hydrogen) atoms. The van der Waals surface area contributed by atoms with Crippen molar-refractivity contribution in [1.82, 2.24) is 0 Å². The van der Waals surface area contributed by atoms with Gasteiger partial charge in [0, 0.05) is 0 Å². The summed E-state index contributed by atoms with van der Waals surface area (Å²) in [5.41, 5.74) is 0. The first-order valence-electron chi connectivity index (χ1n) is 2.40. The number of nitrogens with zero attached hydrogens (tertiary/aromatic N) is 6. The molecule has 0 atom stereocenters. The average Bonchev–Trinajstić information content (AvgIpc) is 2.26. The van der Waals surface area contributed by atoms with Gasteiger partial charge in [0.05, 0.1) is 0 Å². The zero-order valence-electron chi connectivity index (χ0n) is 6.61. The summed E-state index contributed by atoms with van der Waals surface area (Å²) in [6, 6.07) is 0. The van der Waals surface area contributed by atoms with Crippen molar-refractivity contribution in [2.45, 2.75) is 0 Å². The molecular weight excluding hydrogens is 327 g/mol. The summed E-state index contributed by atoms with van der Waals surface area (Å²) in [4.78, 5) is 6.19. The van der Waals surface area contributed by atoms with Crippen LogP contribution in [0.3, 0.4) is 0 Å². The van der Waals surface area contributed by atoms with E-state index >= 15 is 0 Å². The van der Waals surface area contributed by atoms with Crippen LogP contribution < -0.4 is 0 Å². The van der Waals surface area contributed by atoms with Crippen molar-refractivity contribution in [3.05, 3.63) is 0 Å². The molecule has 0 rings (SSSR count). The van der Waals surface area contributed by atoms with Crippen LogP contribution >= 0.6 is 0 Å². The van der Waals surface area contributed by atoms with Crippen LogP contribution in [0.1, 0.15) is 0 Å². The Hall–Kier alpha value is -1.67. The number of nitriles is 6. The Labute approximate surface area is 97.5 Å². The summed E-state index contributed by atoms with van der Waals surface area (Å²) in [5, 5.41) is 51.5. The van der Waals surface area contributed by atoms with Crippen LogP contribution in [-0.2, 0) is 10.7 Å². The second-order valence-electron chi connectivity index (χ2n) is 1.80. The van der Waals surface area contributed by atoms with Crippen molar-refractivity contribution in [3.8, 4) is 29.8 Å². The molecule has 65 valence electrons. The molecule has 0 N–H and O–H groups in total. The fourth-order valence-corrected chi connectivity index (χ4v) is 1.09. The number of rotatable bonds is 0. The molecule has 0 aliphatic rings. The Bertz CT molecular complexity index is 392. The number of hydrogen-bond acceptors (Lipinski definition) is 6. The Morgan fingerprint density at radius 1 is 0.500 bits per heavy atom. The summed E-state index contributed by atoms with van der Waals surface area (Å²) in [5.74, 6) is 0. The zero-order valence-corrected chi connectivity index (χ0v) is 11.0. The van der Waals surface area contributed by atoms with Crippen LogP contribution in [0.4, 0.5) is 0 Å². The first-order chi connectivity index (χ1) is 5.97. The third kappa shape index (κ3) is 1.12. The Balaban J connectivity index is 0. The summed E-state index contributed by atoms with van der Waals surface area (Å²) in [6.07, 6.45) is 0. The molecule has 0 aliphatic carbocycles. The van der Waals surface area contributed by atoms with Crippen LogP contribution in [0.5, 0.6) is 0 Å². The van der Waals surface area contributed by atoms with Gasteiger partial charge in [-0.05, 0) is 0 Å². The molecule has 0 heterocycles. The molecule has 0 saturated heterocycles. The molecule has 0 bridgehead atoms. The van der Waals surface area contributed by atoms with E-state index in [1.165, 1.54) is 0 Å². The van der Waals surface area contributed by atoms with Crippen molar-refractivity contribution in [2.24, 2.45) is 0 Å². The van der Waals surface area contributed by atoms with E-state index < -0.39 is 10.7 Å². The van der Waals surface area contributed by atoms with Crippen LogP contribution in [0, 0.1) is 61.4 Å². The van der Waals surface area contributed by atoms with Gasteiger partial charge < -0.3 is 0 Å². The van der Waals surface area contributed by atoms with E-state index in [-0.39, 0.29) is 25.8 Å². The summed E-state index contributed by atoms with van der Waals surface area (Å²) in [7, 11) is -6.17. The normalized spacial score (nSPS) is 12.4. The monoisotopic (exact) mass is 327 g/mol. The van der Waals surface area contributed by atoms with Crippen molar-refractivity contribution in [3.63, 3.8) is 0 Å². The maximum Gasteiger partial charge on any atom is 3.00 e. The van der Waals surface area contributed by atoms with Gasteiger partial charge in [-0.1, -0.05) is 0 Å². The van der Waals surface area contributed by atoms with Gasteiger partial charge in [0.15, 0.2) is 0 Å².